The molecule has 3 rings (SSSR count). The molecule has 28 heavy (non-hydrogen) atoms. The second-order valence-electron chi connectivity index (χ2n) is 7.18. The van der Waals surface area contributed by atoms with Gasteiger partial charge in [0.15, 0.2) is 5.13 Å². The zero-order valence-corrected chi connectivity index (χ0v) is 17.3. The minimum absolute atomic E-state index is 0.0632. The van der Waals surface area contributed by atoms with E-state index in [4.69, 9.17) is 0 Å². The molecule has 1 unspecified atom stereocenters. The smallest absolute Gasteiger partial charge is 0.319 e. The molecular weight excluding hydrogens is 374 g/mol. The first-order valence-electron chi connectivity index (χ1n) is 9.60. The summed E-state index contributed by atoms with van der Waals surface area (Å²) in [5.41, 5.74) is 1.75. The van der Waals surface area contributed by atoms with Crippen LogP contribution in [0.4, 0.5) is 15.6 Å². The molecule has 2 heterocycles. The summed E-state index contributed by atoms with van der Waals surface area (Å²) >= 11 is 1.52. The van der Waals surface area contributed by atoms with Crippen LogP contribution in [0, 0.1) is 5.92 Å². The third kappa shape index (κ3) is 5.08. The van der Waals surface area contributed by atoms with Crippen molar-refractivity contribution in [3.63, 3.8) is 0 Å². The number of likely N-dealkylation sites (N-methyl/N-ethyl adjacent to an activating group) is 1. The molecule has 1 aromatic heterocycles. The number of nitrogens with one attached hydrogen (secondary N) is 3. The summed E-state index contributed by atoms with van der Waals surface area (Å²) in [4.78, 5) is 33.2. The van der Waals surface area contributed by atoms with Gasteiger partial charge in [0.05, 0.1) is 5.69 Å². The van der Waals surface area contributed by atoms with Gasteiger partial charge in [-0.1, -0.05) is 39.0 Å². The minimum Gasteiger partial charge on any atom is -0.326 e. The van der Waals surface area contributed by atoms with Crippen molar-refractivity contribution in [3.8, 4) is 0 Å². The zero-order valence-electron chi connectivity index (χ0n) is 16.5. The number of amides is 3. The summed E-state index contributed by atoms with van der Waals surface area (Å²) in [5.74, 6) is -0.316. The van der Waals surface area contributed by atoms with Gasteiger partial charge in [0.2, 0.25) is 5.91 Å². The van der Waals surface area contributed by atoms with E-state index in [0.29, 0.717) is 10.8 Å². The molecule has 7 nitrogen and oxygen atoms in total. The largest absolute Gasteiger partial charge is 0.326 e. The van der Waals surface area contributed by atoms with Crippen LogP contribution in [-0.2, 0) is 17.8 Å². The predicted molar refractivity (Wildman–Crippen MR) is 113 cm³/mol. The molecule has 0 spiro atoms. The molecule has 3 amide bonds. The van der Waals surface area contributed by atoms with Crippen LogP contribution in [0.15, 0.2) is 30.3 Å². The number of carbonyl (C=O) groups excluding carboxylic acids is 2. The lowest BCUT2D eigenvalue weighted by molar-refractivity contribution is -0.118. The first-order chi connectivity index (χ1) is 13.5. The fourth-order valence-corrected chi connectivity index (χ4v) is 4.17. The summed E-state index contributed by atoms with van der Waals surface area (Å²) in [6.45, 7) is 8.84. The number of fused-ring (bicyclic) bond motifs is 1. The van der Waals surface area contributed by atoms with Crippen LogP contribution in [-0.4, -0.2) is 41.0 Å². The van der Waals surface area contributed by atoms with Gasteiger partial charge in [0.25, 0.3) is 0 Å². The number of thiazole rings is 1. The molecular formula is C20H27N5O2S. The number of rotatable bonds is 6. The fraction of sp³-hybridized carbons (Fsp3) is 0.450. The van der Waals surface area contributed by atoms with Crippen LogP contribution < -0.4 is 16.0 Å². The SMILES string of the molecule is CCN1CCc2nc(NC(=O)C(NC(=O)Nc3ccccc3)C(C)C)sc2C1. The lowest BCUT2D eigenvalue weighted by atomic mass is 10.0. The maximum absolute atomic E-state index is 12.8. The van der Waals surface area contributed by atoms with E-state index in [1.807, 2.05) is 32.0 Å². The monoisotopic (exact) mass is 401 g/mol. The van der Waals surface area contributed by atoms with Gasteiger partial charge in [-0.2, -0.15) is 0 Å². The first kappa shape index (κ1) is 20.3. The van der Waals surface area contributed by atoms with Gasteiger partial charge in [-0.05, 0) is 24.6 Å². The number of urea groups is 1. The van der Waals surface area contributed by atoms with E-state index in [0.717, 1.165) is 31.7 Å². The highest BCUT2D eigenvalue weighted by Crippen LogP contribution is 2.28. The molecule has 8 heteroatoms. The van der Waals surface area contributed by atoms with Gasteiger partial charge < -0.3 is 16.0 Å². The number of para-hydroxylation sites is 1. The molecule has 1 aromatic carbocycles. The van der Waals surface area contributed by atoms with Gasteiger partial charge in [-0.25, -0.2) is 9.78 Å². The number of carbonyl (C=O) groups is 2. The van der Waals surface area contributed by atoms with Crippen molar-refractivity contribution in [1.29, 1.82) is 0 Å². The third-order valence-electron chi connectivity index (χ3n) is 4.76. The molecule has 0 bridgehead atoms. The maximum atomic E-state index is 12.8. The van der Waals surface area contributed by atoms with Crippen molar-refractivity contribution in [2.75, 3.05) is 23.7 Å². The summed E-state index contributed by atoms with van der Waals surface area (Å²) in [6, 6.07) is 8.08. The van der Waals surface area contributed by atoms with Crippen molar-refractivity contribution in [1.82, 2.24) is 15.2 Å². The summed E-state index contributed by atoms with van der Waals surface area (Å²) in [7, 11) is 0. The molecule has 0 fully saturated rings. The van der Waals surface area contributed by atoms with Crippen LogP contribution in [0.2, 0.25) is 0 Å². The Hall–Kier alpha value is -2.45. The van der Waals surface area contributed by atoms with Crippen LogP contribution >= 0.6 is 11.3 Å². The molecule has 1 aliphatic rings. The van der Waals surface area contributed by atoms with Gasteiger partial charge in [0, 0.05) is 30.1 Å². The molecule has 0 radical (unpaired) electrons. The van der Waals surface area contributed by atoms with Crippen molar-refractivity contribution in [2.24, 2.45) is 5.92 Å². The van der Waals surface area contributed by atoms with E-state index < -0.39 is 12.1 Å². The van der Waals surface area contributed by atoms with E-state index >= 15 is 0 Å². The Bertz CT molecular complexity index is 821. The minimum atomic E-state index is -0.656. The lowest BCUT2D eigenvalue weighted by Crippen LogP contribution is -2.48. The number of benzene rings is 1. The van der Waals surface area contributed by atoms with Crippen LogP contribution in [0.5, 0.6) is 0 Å². The molecule has 0 saturated carbocycles. The van der Waals surface area contributed by atoms with Crippen LogP contribution in [0.3, 0.4) is 0 Å². The normalized spacial score (nSPS) is 15.0. The first-order valence-corrected chi connectivity index (χ1v) is 10.4. The number of aromatic nitrogens is 1. The number of hydrogen-bond donors (Lipinski definition) is 3. The summed E-state index contributed by atoms with van der Waals surface area (Å²) < 4.78 is 0. The molecule has 0 saturated heterocycles. The molecule has 3 N–H and O–H groups in total. The van der Waals surface area contributed by atoms with Crippen molar-refractivity contribution in [2.45, 2.75) is 39.8 Å². The summed E-state index contributed by atoms with van der Waals surface area (Å²) in [5, 5.41) is 9.01. The highest BCUT2D eigenvalue weighted by molar-refractivity contribution is 7.15. The van der Waals surface area contributed by atoms with Gasteiger partial charge in [-0.3, -0.25) is 9.69 Å². The van der Waals surface area contributed by atoms with Crippen molar-refractivity contribution in [3.05, 3.63) is 40.9 Å². The quantitative estimate of drug-likeness (QED) is 0.693. The fourth-order valence-electron chi connectivity index (χ4n) is 3.12. The predicted octanol–water partition coefficient (Wildman–Crippen LogP) is 3.31. The van der Waals surface area contributed by atoms with Crippen molar-refractivity contribution < 1.29 is 9.59 Å². The number of nitrogens with zero attached hydrogens (tertiary/aromatic N) is 2. The molecule has 1 aliphatic heterocycles. The Morgan fingerprint density at radius 1 is 1.21 bits per heavy atom. The van der Waals surface area contributed by atoms with Gasteiger partial charge >= 0.3 is 6.03 Å². The lowest BCUT2D eigenvalue weighted by Gasteiger charge is -2.23. The average Bonchev–Trinajstić information content (AvgIpc) is 3.07. The van der Waals surface area contributed by atoms with E-state index in [-0.39, 0.29) is 11.8 Å². The zero-order chi connectivity index (χ0) is 20.1. The van der Waals surface area contributed by atoms with Crippen LogP contribution in [0.25, 0.3) is 0 Å². The number of anilines is 2. The Morgan fingerprint density at radius 3 is 2.64 bits per heavy atom. The van der Waals surface area contributed by atoms with E-state index in [1.54, 1.807) is 12.1 Å². The molecule has 1 atom stereocenters. The van der Waals surface area contributed by atoms with E-state index in [1.165, 1.54) is 16.2 Å². The highest BCUT2D eigenvalue weighted by Gasteiger charge is 2.26. The topological polar surface area (TPSA) is 86.4 Å². The average molecular weight is 402 g/mol. The molecule has 0 aliphatic carbocycles. The van der Waals surface area contributed by atoms with Crippen molar-refractivity contribution >= 4 is 34.1 Å². The number of hydrogen-bond acceptors (Lipinski definition) is 5. The molecule has 150 valence electrons. The standard InChI is InChI=1S/C20H27N5O2S/c1-4-25-11-10-15-16(12-25)28-20(22-15)24-18(26)17(13(2)3)23-19(27)21-14-8-6-5-7-9-14/h5-9,13,17H,4,10-12H2,1-3H3,(H2,21,23,27)(H,22,24,26). The highest BCUT2D eigenvalue weighted by atomic mass is 32.1. The van der Waals surface area contributed by atoms with Gasteiger partial charge in [-0.15, -0.1) is 11.3 Å². The summed E-state index contributed by atoms with van der Waals surface area (Å²) in [6.07, 6.45) is 0.904. The second-order valence-corrected chi connectivity index (χ2v) is 8.27. The van der Waals surface area contributed by atoms with Gasteiger partial charge in [0.1, 0.15) is 6.04 Å². The Kier molecular flexibility index (Phi) is 6.64. The maximum Gasteiger partial charge on any atom is 0.319 e. The third-order valence-corrected chi connectivity index (χ3v) is 5.75. The van der Waals surface area contributed by atoms with E-state index in [2.05, 4.69) is 32.8 Å². The van der Waals surface area contributed by atoms with E-state index in [9.17, 15) is 9.59 Å². The molecule has 2 aromatic rings. The second kappa shape index (κ2) is 9.16. The Morgan fingerprint density at radius 2 is 1.96 bits per heavy atom. The Balaban J connectivity index is 1.62. The Labute approximate surface area is 169 Å². The van der Waals surface area contributed by atoms with Crippen LogP contribution in [0.1, 0.15) is 31.3 Å².